The van der Waals surface area contributed by atoms with Crippen LogP contribution < -0.4 is 10.6 Å². The Bertz CT molecular complexity index is 498. The summed E-state index contributed by atoms with van der Waals surface area (Å²) >= 11 is 0. The van der Waals surface area contributed by atoms with Crippen LogP contribution in [0.25, 0.3) is 0 Å². The molecule has 0 radical (unpaired) electrons. The second kappa shape index (κ2) is 10.6. The van der Waals surface area contributed by atoms with Crippen molar-refractivity contribution < 1.29 is 9.18 Å². The average molecular weight is 358 g/mol. The van der Waals surface area contributed by atoms with Crippen LogP contribution in [0.2, 0.25) is 0 Å². The van der Waals surface area contributed by atoms with Crippen LogP contribution in [0.4, 0.5) is 4.39 Å². The van der Waals surface area contributed by atoms with E-state index in [1.54, 1.807) is 12.1 Å². The van der Waals surface area contributed by atoms with Gasteiger partial charge in [-0.15, -0.1) is 12.4 Å². The summed E-state index contributed by atoms with van der Waals surface area (Å²) in [5.41, 5.74) is 1.05. The summed E-state index contributed by atoms with van der Waals surface area (Å²) < 4.78 is 13.0. The molecule has 0 aromatic heterocycles. The summed E-state index contributed by atoms with van der Waals surface area (Å²) in [6, 6.07) is 6.75. The molecule has 136 valence electrons. The molecule has 1 saturated heterocycles. The van der Waals surface area contributed by atoms with Crippen LogP contribution in [-0.2, 0) is 11.3 Å². The van der Waals surface area contributed by atoms with E-state index in [1.165, 1.54) is 12.1 Å². The topological polar surface area (TPSA) is 44.4 Å². The molecular weight excluding hydrogens is 329 g/mol. The number of nitrogens with zero attached hydrogens (tertiary/aromatic N) is 1. The predicted molar refractivity (Wildman–Crippen MR) is 97.8 cm³/mol. The molecule has 0 aliphatic carbocycles. The second-order valence-corrected chi connectivity index (χ2v) is 6.31. The molecule has 1 heterocycles. The molecule has 1 fully saturated rings. The van der Waals surface area contributed by atoms with Crippen LogP contribution in [0, 0.1) is 5.82 Å². The van der Waals surface area contributed by atoms with Crippen LogP contribution >= 0.6 is 12.4 Å². The Kier molecular flexibility index (Phi) is 9.26. The van der Waals surface area contributed by atoms with Crippen molar-refractivity contribution in [3.8, 4) is 0 Å². The Morgan fingerprint density at radius 1 is 1.33 bits per heavy atom. The number of nitrogens with one attached hydrogen (secondary N) is 2. The number of hydrogen-bond acceptors (Lipinski definition) is 3. The van der Waals surface area contributed by atoms with E-state index in [1.807, 2.05) is 0 Å². The molecule has 0 spiro atoms. The molecule has 1 aliphatic rings. The first-order valence-electron chi connectivity index (χ1n) is 8.59. The number of carbonyl (C=O) groups excluding carboxylic acids is 1. The van der Waals surface area contributed by atoms with Gasteiger partial charge < -0.3 is 10.6 Å². The van der Waals surface area contributed by atoms with Crippen LogP contribution in [0.5, 0.6) is 0 Å². The largest absolute Gasteiger partial charge is 0.353 e. The minimum atomic E-state index is -0.223. The van der Waals surface area contributed by atoms with E-state index >= 15 is 0 Å². The number of benzene rings is 1. The van der Waals surface area contributed by atoms with Crippen molar-refractivity contribution in [3.05, 3.63) is 35.6 Å². The summed E-state index contributed by atoms with van der Waals surface area (Å²) in [6.07, 6.45) is 3.09. The normalized spacial score (nSPS) is 19.4. The quantitative estimate of drug-likeness (QED) is 0.788. The molecule has 1 unspecified atom stereocenters. The summed E-state index contributed by atoms with van der Waals surface area (Å²) in [5.74, 6) is -0.115. The molecular formula is C18H29ClFN3O. The van der Waals surface area contributed by atoms with E-state index in [4.69, 9.17) is 0 Å². The summed E-state index contributed by atoms with van der Waals surface area (Å²) in [7, 11) is 0. The summed E-state index contributed by atoms with van der Waals surface area (Å²) in [4.78, 5) is 14.7. The molecule has 1 aromatic carbocycles. The van der Waals surface area contributed by atoms with Gasteiger partial charge in [0.1, 0.15) is 5.82 Å². The van der Waals surface area contributed by atoms with E-state index in [0.29, 0.717) is 13.1 Å². The highest BCUT2D eigenvalue weighted by Crippen LogP contribution is 2.20. The van der Waals surface area contributed by atoms with Gasteiger partial charge in [-0.1, -0.05) is 25.5 Å². The van der Waals surface area contributed by atoms with Crippen molar-refractivity contribution in [2.24, 2.45) is 0 Å². The molecule has 2 atom stereocenters. The first-order chi connectivity index (χ1) is 11.1. The van der Waals surface area contributed by atoms with Crippen molar-refractivity contribution in [2.75, 3.05) is 19.6 Å². The zero-order chi connectivity index (χ0) is 16.7. The molecule has 0 bridgehead atoms. The molecule has 1 aromatic rings. The summed E-state index contributed by atoms with van der Waals surface area (Å²) in [5, 5.41) is 6.35. The number of amides is 1. The molecule has 2 rings (SSSR count). The van der Waals surface area contributed by atoms with Gasteiger partial charge in [-0.2, -0.15) is 0 Å². The van der Waals surface area contributed by atoms with Crippen molar-refractivity contribution in [1.29, 1.82) is 0 Å². The van der Waals surface area contributed by atoms with Gasteiger partial charge in [0.15, 0.2) is 0 Å². The summed E-state index contributed by atoms with van der Waals surface area (Å²) in [6.45, 7) is 7.29. The van der Waals surface area contributed by atoms with Crippen molar-refractivity contribution in [1.82, 2.24) is 15.5 Å². The third-order valence-corrected chi connectivity index (χ3v) is 4.35. The third kappa shape index (κ3) is 6.38. The van der Waals surface area contributed by atoms with Crippen LogP contribution in [0.1, 0.15) is 38.7 Å². The van der Waals surface area contributed by atoms with Crippen LogP contribution in [0.3, 0.4) is 0 Å². The van der Waals surface area contributed by atoms with E-state index in [0.717, 1.165) is 37.9 Å². The first kappa shape index (κ1) is 20.9. The lowest BCUT2D eigenvalue weighted by molar-refractivity contribution is -0.128. The van der Waals surface area contributed by atoms with Gasteiger partial charge in [-0.3, -0.25) is 9.69 Å². The van der Waals surface area contributed by atoms with E-state index in [-0.39, 0.29) is 36.2 Å². The number of likely N-dealkylation sites (tertiary alicyclic amines) is 1. The molecule has 1 amide bonds. The Labute approximate surface area is 150 Å². The van der Waals surface area contributed by atoms with Gasteiger partial charge in [0.05, 0.1) is 6.04 Å². The SMILES string of the molecule is CCN[C@H](C)CNC(=O)C1CCCCN1Cc1ccc(F)cc1.Cl. The van der Waals surface area contributed by atoms with Gasteiger partial charge >= 0.3 is 0 Å². The number of carbonyl (C=O) groups is 1. The highest BCUT2D eigenvalue weighted by Gasteiger charge is 2.28. The van der Waals surface area contributed by atoms with Crippen molar-refractivity contribution >= 4 is 18.3 Å². The Hall–Kier alpha value is -1.17. The van der Waals surface area contributed by atoms with Gasteiger partial charge in [0, 0.05) is 19.1 Å². The molecule has 6 heteroatoms. The minimum absolute atomic E-state index is 0. The van der Waals surface area contributed by atoms with Gasteiger partial charge in [0.25, 0.3) is 0 Å². The number of likely N-dealkylation sites (N-methyl/N-ethyl adjacent to an activating group) is 1. The fourth-order valence-electron chi connectivity index (χ4n) is 3.09. The fraction of sp³-hybridized carbons (Fsp3) is 0.611. The lowest BCUT2D eigenvalue weighted by Gasteiger charge is -2.35. The third-order valence-electron chi connectivity index (χ3n) is 4.35. The zero-order valence-corrected chi connectivity index (χ0v) is 15.4. The van der Waals surface area contributed by atoms with Crippen LogP contribution in [0.15, 0.2) is 24.3 Å². The monoisotopic (exact) mass is 357 g/mol. The maximum absolute atomic E-state index is 13.0. The number of rotatable bonds is 7. The highest BCUT2D eigenvalue weighted by molar-refractivity contribution is 5.85. The molecule has 0 saturated carbocycles. The first-order valence-corrected chi connectivity index (χ1v) is 8.59. The maximum atomic E-state index is 13.0. The molecule has 1 aliphatic heterocycles. The molecule has 24 heavy (non-hydrogen) atoms. The lowest BCUT2D eigenvalue weighted by atomic mass is 10.00. The number of piperidine rings is 1. The van der Waals surface area contributed by atoms with Crippen molar-refractivity contribution in [3.63, 3.8) is 0 Å². The lowest BCUT2D eigenvalue weighted by Crippen LogP contribution is -2.51. The predicted octanol–water partition coefficient (Wildman–Crippen LogP) is 2.72. The van der Waals surface area contributed by atoms with E-state index < -0.39 is 0 Å². The second-order valence-electron chi connectivity index (χ2n) is 6.31. The molecule has 4 nitrogen and oxygen atoms in total. The maximum Gasteiger partial charge on any atom is 0.237 e. The van der Waals surface area contributed by atoms with E-state index in [9.17, 15) is 9.18 Å². The van der Waals surface area contributed by atoms with Gasteiger partial charge in [0.2, 0.25) is 5.91 Å². The average Bonchev–Trinajstić information content (AvgIpc) is 2.55. The fourth-order valence-corrected chi connectivity index (χ4v) is 3.09. The van der Waals surface area contributed by atoms with E-state index in [2.05, 4.69) is 29.4 Å². The van der Waals surface area contributed by atoms with Crippen LogP contribution in [-0.4, -0.2) is 42.5 Å². The number of hydrogen-bond donors (Lipinski definition) is 2. The molecule has 2 N–H and O–H groups in total. The van der Waals surface area contributed by atoms with Crippen molar-refractivity contribution in [2.45, 2.75) is 51.7 Å². The Morgan fingerprint density at radius 2 is 2.04 bits per heavy atom. The van der Waals surface area contributed by atoms with Gasteiger partial charge in [-0.25, -0.2) is 4.39 Å². The zero-order valence-electron chi connectivity index (χ0n) is 14.6. The smallest absolute Gasteiger partial charge is 0.237 e. The van der Waals surface area contributed by atoms with Gasteiger partial charge in [-0.05, 0) is 50.6 Å². The standard InChI is InChI=1S/C18H28FN3O.ClH/c1-3-20-14(2)12-21-18(23)17-6-4-5-11-22(17)13-15-7-9-16(19)10-8-15;/h7-10,14,17,20H,3-6,11-13H2,1-2H3,(H,21,23);1H/t14-,17?;/m1./s1. The number of halogens is 2. The highest BCUT2D eigenvalue weighted by atomic mass is 35.5. The Balaban J connectivity index is 0.00000288. The Morgan fingerprint density at radius 3 is 2.71 bits per heavy atom. The minimum Gasteiger partial charge on any atom is -0.353 e.